The Kier molecular flexibility index (Phi) is 11.4. The van der Waals surface area contributed by atoms with Crippen molar-refractivity contribution in [3.8, 4) is 17.2 Å². The van der Waals surface area contributed by atoms with Gasteiger partial charge < -0.3 is 24.4 Å². The summed E-state index contributed by atoms with van der Waals surface area (Å²) in [6, 6.07) is 12.7. The Morgan fingerprint density at radius 1 is 0.943 bits per heavy atom. The van der Waals surface area contributed by atoms with Crippen LogP contribution >= 0.6 is 0 Å². The molecule has 0 saturated heterocycles. The van der Waals surface area contributed by atoms with Crippen LogP contribution in [-0.2, 0) is 22.6 Å². The molecule has 1 unspecified atom stereocenters. The second kappa shape index (κ2) is 14.2. The van der Waals surface area contributed by atoms with Crippen LogP contribution in [0.15, 0.2) is 42.5 Å². The first kappa shape index (κ1) is 28.0. The van der Waals surface area contributed by atoms with E-state index in [1.807, 2.05) is 70.2 Å². The molecule has 0 fully saturated rings. The maximum Gasteiger partial charge on any atom is 0.242 e. The van der Waals surface area contributed by atoms with E-state index in [9.17, 15) is 9.59 Å². The first-order valence-corrected chi connectivity index (χ1v) is 12.4. The lowest BCUT2D eigenvalue weighted by atomic mass is 10.1. The summed E-state index contributed by atoms with van der Waals surface area (Å²) in [4.78, 5) is 27.9. The van der Waals surface area contributed by atoms with Crippen LogP contribution < -0.4 is 19.5 Å². The smallest absolute Gasteiger partial charge is 0.242 e. The molecule has 0 heterocycles. The van der Waals surface area contributed by atoms with Gasteiger partial charge in [-0.1, -0.05) is 32.0 Å². The lowest BCUT2D eigenvalue weighted by Gasteiger charge is -2.29. The highest BCUT2D eigenvalue weighted by molar-refractivity contribution is 5.87. The monoisotopic (exact) mass is 484 g/mol. The van der Waals surface area contributed by atoms with E-state index >= 15 is 0 Å². The van der Waals surface area contributed by atoms with Crippen molar-refractivity contribution in [3.63, 3.8) is 0 Å². The molecular weight excluding hydrogens is 444 g/mol. The lowest BCUT2D eigenvalue weighted by Crippen LogP contribution is -2.48. The first-order chi connectivity index (χ1) is 16.8. The van der Waals surface area contributed by atoms with E-state index in [1.54, 1.807) is 18.9 Å². The molecule has 0 bridgehead atoms. The normalized spacial score (nSPS) is 11.6. The van der Waals surface area contributed by atoms with Gasteiger partial charge in [0.25, 0.3) is 0 Å². The highest BCUT2D eigenvalue weighted by Gasteiger charge is 2.26. The second-order valence-corrected chi connectivity index (χ2v) is 8.84. The van der Waals surface area contributed by atoms with Gasteiger partial charge in [0.15, 0.2) is 11.5 Å². The number of carbonyl (C=O) groups is 2. The molecule has 2 amide bonds. The first-order valence-electron chi connectivity index (χ1n) is 12.4. The van der Waals surface area contributed by atoms with Crippen LogP contribution in [0.25, 0.3) is 0 Å². The largest absolute Gasteiger partial charge is 0.497 e. The molecule has 2 rings (SSSR count). The molecule has 0 aromatic heterocycles. The van der Waals surface area contributed by atoms with E-state index in [0.717, 1.165) is 11.1 Å². The Balaban J connectivity index is 2.19. The highest BCUT2D eigenvalue weighted by atomic mass is 16.5. The van der Waals surface area contributed by atoms with E-state index < -0.39 is 6.04 Å². The number of hydrogen-bond donors (Lipinski definition) is 1. The number of nitrogens with zero attached hydrogens (tertiary/aromatic N) is 1. The maximum atomic E-state index is 13.4. The summed E-state index contributed by atoms with van der Waals surface area (Å²) in [6.07, 6.45) is 0.797. The zero-order chi connectivity index (χ0) is 25.8. The van der Waals surface area contributed by atoms with Crippen LogP contribution in [0.1, 0.15) is 52.2 Å². The van der Waals surface area contributed by atoms with Gasteiger partial charge in [-0.05, 0) is 68.5 Å². The molecule has 0 spiro atoms. The molecule has 0 radical (unpaired) electrons. The van der Waals surface area contributed by atoms with Crippen molar-refractivity contribution < 1.29 is 23.8 Å². The van der Waals surface area contributed by atoms with Crippen molar-refractivity contribution >= 4 is 11.8 Å². The van der Waals surface area contributed by atoms with Gasteiger partial charge in [-0.25, -0.2) is 0 Å². The van der Waals surface area contributed by atoms with E-state index in [4.69, 9.17) is 14.2 Å². The topological polar surface area (TPSA) is 77.1 Å². The molecule has 0 aliphatic rings. The Labute approximate surface area is 209 Å². The van der Waals surface area contributed by atoms with Gasteiger partial charge in [0.1, 0.15) is 11.8 Å². The standard InChI is InChI=1S/C28H40N2O5/c1-7-34-25-14-12-22(17-26(25)35-8-2)13-15-27(31)30(21(5)28(32)29-18-20(3)4)19-23-10-9-11-24(16-23)33-6/h9-12,14,16-17,20-21H,7-8,13,15,18-19H2,1-6H3,(H,29,32). The molecule has 7 nitrogen and oxygen atoms in total. The zero-order valence-corrected chi connectivity index (χ0v) is 21.9. The molecule has 1 N–H and O–H groups in total. The van der Waals surface area contributed by atoms with E-state index in [1.165, 1.54) is 0 Å². The molecule has 1 atom stereocenters. The fraction of sp³-hybridized carbons (Fsp3) is 0.500. The van der Waals surface area contributed by atoms with Crippen molar-refractivity contribution in [2.24, 2.45) is 5.92 Å². The molecule has 2 aromatic rings. The number of amides is 2. The number of methoxy groups -OCH3 is 1. The zero-order valence-electron chi connectivity index (χ0n) is 21.9. The molecule has 0 saturated carbocycles. The van der Waals surface area contributed by atoms with Crippen LogP contribution in [0.5, 0.6) is 17.2 Å². The summed E-state index contributed by atoms with van der Waals surface area (Å²) < 4.78 is 16.7. The minimum atomic E-state index is -0.605. The van der Waals surface area contributed by atoms with Crippen LogP contribution in [0.2, 0.25) is 0 Å². The number of hydrogen-bond acceptors (Lipinski definition) is 5. The van der Waals surface area contributed by atoms with Crippen LogP contribution in [0, 0.1) is 5.92 Å². The summed E-state index contributed by atoms with van der Waals surface area (Å²) >= 11 is 0. The molecule has 0 aliphatic carbocycles. The van der Waals surface area contributed by atoms with E-state index in [2.05, 4.69) is 5.32 Å². The minimum absolute atomic E-state index is 0.0909. The fourth-order valence-electron chi connectivity index (χ4n) is 3.65. The second-order valence-electron chi connectivity index (χ2n) is 8.84. The quantitative estimate of drug-likeness (QED) is 0.424. The Morgan fingerprint density at radius 3 is 2.31 bits per heavy atom. The molecule has 35 heavy (non-hydrogen) atoms. The van der Waals surface area contributed by atoms with Crippen LogP contribution in [0.3, 0.4) is 0 Å². The number of aryl methyl sites for hydroxylation is 1. The van der Waals surface area contributed by atoms with Crippen molar-refractivity contribution in [1.82, 2.24) is 10.2 Å². The minimum Gasteiger partial charge on any atom is -0.497 e. The van der Waals surface area contributed by atoms with Crippen molar-refractivity contribution in [3.05, 3.63) is 53.6 Å². The van der Waals surface area contributed by atoms with Gasteiger partial charge in [-0.3, -0.25) is 9.59 Å². The van der Waals surface area contributed by atoms with Gasteiger partial charge >= 0.3 is 0 Å². The van der Waals surface area contributed by atoms with E-state index in [-0.39, 0.29) is 18.2 Å². The SMILES string of the molecule is CCOc1ccc(CCC(=O)N(Cc2cccc(OC)c2)C(C)C(=O)NCC(C)C)cc1OCC. The third-order valence-corrected chi connectivity index (χ3v) is 5.57. The van der Waals surface area contributed by atoms with Gasteiger partial charge in [-0.2, -0.15) is 0 Å². The third-order valence-electron chi connectivity index (χ3n) is 5.57. The van der Waals surface area contributed by atoms with E-state index in [0.29, 0.717) is 55.9 Å². The Morgan fingerprint density at radius 2 is 1.66 bits per heavy atom. The number of carbonyl (C=O) groups excluding carboxylic acids is 2. The molecule has 192 valence electrons. The predicted octanol–water partition coefficient (Wildman–Crippen LogP) is 4.61. The van der Waals surface area contributed by atoms with Crippen molar-refractivity contribution in [1.29, 1.82) is 0 Å². The van der Waals surface area contributed by atoms with Crippen LogP contribution in [-0.4, -0.2) is 49.6 Å². The summed E-state index contributed by atoms with van der Waals surface area (Å²) in [6.45, 7) is 11.7. The average molecular weight is 485 g/mol. The third kappa shape index (κ3) is 8.81. The summed E-state index contributed by atoms with van der Waals surface area (Å²) in [7, 11) is 1.61. The molecular formula is C28H40N2O5. The highest BCUT2D eigenvalue weighted by Crippen LogP contribution is 2.29. The number of ether oxygens (including phenoxy) is 3. The predicted molar refractivity (Wildman–Crippen MR) is 138 cm³/mol. The lowest BCUT2D eigenvalue weighted by molar-refractivity contribution is -0.140. The van der Waals surface area contributed by atoms with Gasteiger partial charge in [0.05, 0.1) is 20.3 Å². The summed E-state index contributed by atoms with van der Waals surface area (Å²) in [5.41, 5.74) is 1.88. The molecule has 0 aliphatic heterocycles. The summed E-state index contributed by atoms with van der Waals surface area (Å²) in [5, 5.41) is 2.95. The fourth-order valence-corrected chi connectivity index (χ4v) is 3.65. The van der Waals surface area contributed by atoms with Gasteiger partial charge in [0, 0.05) is 19.5 Å². The van der Waals surface area contributed by atoms with Crippen LogP contribution in [0.4, 0.5) is 0 Å². The van der Waals surface area contributed by atoms with Gasteiger partial charge in [0.2, 0.25) is 11.8 Å². The maximum absolute atomic E-state index is 13.4. The van der Waals surface area contributed by atoms with Crippen molar-refractivity contribution in [2.75, 3.05) is 26.9 Å². The molecule has 2 aromatic carbocycles. The number of benzene rings is 2. The number of nitrogens with one attached hydrogen (secondary N) is 1. The Bertz CT molecular complexity index is 960. The summed E-state index contributed by atoms with van der Waals surface area (Å²) in [5.74, 6) is 2.16. The molecule has 7 heteroatoms. The van der Waals surface area contributed by atoms with Crippen molar-refractivity contribution in [2.45, 2.75) is 60.0 Å². The van der Waals surface area contributed by atoms with Gasteiger partial charge in [-0.15, -0.1) is 0 Å². The number of rotatable bonds is 14. The average Bonchev–Trinajstić information content (AvgIpc) is 2.85. The Hall–Kier alpha value is -3.22.